The van der Waals surface area contributed by atoms with E-state index in [1.54, 1.807) is 24.3 Å². The lowest BCUT2D eigenvalue weighted by Gasteiger charge is -2.07. The number of benzene rings is 2. The lowest BCUT2D eigenvalue weighted by atomic mass is 10.1. The molecule has 4 aromatic rings. The highest BCUT2D eigenvalue weighted by Crippen LogP contribution is 2.17. The molecule has 0 spiro atoms. The Hall–Kier alpha value is -3.61. The maximum Gasteiger partial charge on any atom is 0.329 e. The number of aromatic nitrogens is 3. The second kappa shape index (κ2) is 6.95. The van der Waals surface area contributed by atoms with Gasteiger partial charge in [-0.15, -0.1) is 0 Å². The summed E-state index contributed by atoms with van der Waals surface area (Å²) in [6.45, 7) is 0.105. The molecule has 0 fully saturated rings. The van der Waals surface area contributed by atoms with Gasteiger partial charge in [0.05, 0.1) is 10.9 Å². The standard InChI is InChI=1S/C20H18N4O3/c25-18(21-10-9-13-11-22-16-7-3-1-5-14(13)16)12-24-19(26)15-6-2-4-8-17(15)23-20(24)27/h1-8,11,22H,9-10,12H2,(H,21,25)(H,23,27). The molecule has 0 aliphatic heterocycles. The first-order valence-corrected chi connectivity index (χ1v) is 8.67. The van der Waals surface area contributed by atoms with Gasteiger partial charge in [-0.1, -0.05) is 30.3 Å². The first-order chi connectivity index (χ1) is 13.1. The summed E-state index contributed by atoms with van der Waals surface area (Å²) in [6, 6.07) is 14.7. The van der Waals surface area contributed by atoms with E-state index in [1.807, 2.05) is 30.5 Å². The molecule has 0 saturated heterocycles. The van der Waals surface area contributed by atoms with E-state index in [1.165, 1.54) is 0 Å². The van der Waals surface area contributed by atoms with Crippen LogP contribution >= 0.6 is 0 Å². The minimum absolute atomic E-state index is 0.313. The number of hydrogen-bond donors (Lipinski definition) is 3. The normalized spacial score (nSPS) is 11.1. The van der Waals surface area contributed by atoms with Crippen LogP contribution < -0.4 is 16.6 Å². The first-order valence-electron chi connectivity index (χ1n) is 8.67. The molecular weight excluding hydrogens is 344 g/mol. The number of amides is 1. The smallest absolute Gasteiger partial charge is 0.329 e. The number of rotatable bonds is 5. The topological polar surface area (TPSA) is 99.8 Å². The van der Waals surface area contributed by atoms with Crippen molar-refractivity contribution >= 4 is 27.7 Å². The zero-order valence-electron chi connectivity index (χ0n) is 14.5. The Kier molecular flexibility index (Phi) is 4.33. The second-order valence-electron chi connectivity index (χ2n) is 6.33. The molecule has 7 nitrogen and oxygen atoms in total. The molecule has 0 saturated carbocycles. The maximum absolute atomic E-state index is 12.5. The Morgan fingerprint density at radius 1 is 0.963 bits per heavy atom. The third kappa shape index (κ3) is 3.27. The quantitative estimate of drug-likeness (QED) is 0.502. The lowest BCUT2D eigenvalue weighted by Crippen LogP contribution is -2.41. The van der Waals surface area contributed by atoms with E-state index in [2.05, 4.69) is 15.3 Å². The van der Waals surface area contributed by atoms with E-state index in [9.17, 15) is 14.4 Å². The molecule has 0 aliphatic carbocycles. The summed E-state index contributed by atoms with van der Waals surface area (Å²) in [5.74, 6) is -0.377. The van der Waals surface area contributed by atoms with Gasteiger partial charge in [-0.2, -0.15) is 0 Å². The fourth-order valence-corrected chi connectivity index (χ4v) is 3.22. The number of para-hydroxylation sites is 2. The maximum atomic E-state index is 12.5. The van der Waals surface area contributed by atoms with Crippen molar-refractivity contribution in [2.24, 2.45) is 0 Å². The third-order valence-corrected chi connectivity index (χ3v) is 4.58. The van der Waals surface area contributed by atoms with Gasteiger partial charge in [-0.3, -0.25) is 14.2 Å². The van der Waals surface area contributed by atoms with Gasteiger partial charge >= 0.3 is 5.69 Å². The third-order valence-electron chi connectivity index (χ3n) is 4.58. The molecule has 1 amide bonds. The van der Waals surface area contributed by atoms with Crippen LogP contribution in [-0.4, -0.2) is 27.0 Å². The van der Waals surface area contributed by atoms with Crippen LogP contribution in [-0.2, 0) is 17.8 Å². The average molecular weight is 362 g/mol. The first kappa shape index (κ1) is 16.8. The largest absolute Gasteiger partial charge is 0.361 e. The van der Waals surface area contributed by atoms with Crippen molar-refractivity contribution in [2.75, 3.05) is 6.54 Å². The Morgan fingerprint density at radius 2 is 1.67 bits per heavy atom. The highest BCUT2D eigenvalue weighted by atomic mass is 16.2. The van der Waals surface area contributed by atoms with Gasteiger partial charge in [0.1, 0.15) is 6.54 Å². The van der Waals surface area contributed by atoms with Crippen molar-refractivity contribution in [3.8, 4) is 0 Å². The summed E-state index contributed by atoms with van der Waals surface area (Å²) in [7, 11) is 0. The van der Waals surface area contributed by atoms with E-state index in [4.69, 9.17) is 0 Å². The highest BCUT2D eigenvalue weighted by Gasteiger charge is 2.11. The number of hydrogen-bond acceptors (Lipinski definition) is 3. The zero-order valence-corrected chi connectivity index (χ0v) is 14.5. The zero-order chi connectivity index (χ0) is 18.8. The van der Waals surface area contributed by atoms with Gasteiger partial charge in [-0.05, 0) is 30.2 Å². The molecule has 0 aliphatic rings. The van der Waals surface area contributed by atoms with Crippen LogP contribution in [0, 0.1) is 0 Å². The average Bonchev–Trinajstić information content (AvgIpc) is 3.08. The van der Waals surface area contributed by atoms with Gasteiger partial charge in [0.2, 0.25) is 5.91 Å². The van der Waals surface area contributed by atoms with E-state index in [0.29, 0.717) is 23.9 Å². The summed E-state index contributed by atoms with van der Waals surface area (Å²) in [4.78, 5) is 42.6. The number of carbonyl (C=O) groups excluding carboxylic acids is 1. The van der Waals surface area contributed by atoms with Crippen LogP contribution in [0.1, 0.15) is 5.56 Å². The van der Waals surface area contributed by atoms with Crippen LogP contribution in [0.25, 0.3) is 21.8 Å². The minimum atomic E-state index is -0.592. The van der Waals surface area contributed by atoms with Crippen molar-refractivity contribution in [3.05, 3.63) is 81.1 Å². The molecule has 2 heterocycles. The number of H-pyrrole nitrogens is 2. The summed E-state index contributed by atoms with van der Waals surface area (Å²) in [6.07, 6.45) is 2.58. The Balaban J connectivity index is 1.45. The van der Waals surface area contributed by atoms with Gasteiger partial charge < -0.3 is 15.3 Å². The van der Waals surface area contributed by atoms with Gasteiger partial charge in [0.25, 0.3) is 5.56 Å². The highest BCUT2D eigenvalue weighted by molar-refractivity contribution is 5.83. The van der Waals surface area contributed by atoms with Crippen molar-refractivity contribution in [2.45, 2.75) is 13.0 Å². The molecule has 0 radical (unpaired) electrons. The summed E-state index contributed by atoms with van der Waals surface area (Å²) in [5, 5.41) is 4.27. The molecule has 2 aromatic carbocycles. The molecule has 2 aromatic heterocycles. The second-order valence-corrected chi connectivity index (χ2v) is 6.33. The van der Waals surface area contributed by atoms with E-state index in [0.717, 1.165) is 21.0 Å². The molecule has 27 heavy (non-hydrogen) atoms. The fourth-order valence-electron chi connectivity index (χ4n) is 3.22. The summed E-state index contributed by atoms with van der Waals surface area (Å²) in [5.41, 5.74) is 1.55. The molecule has 7 heteroatoms. The SMILES string of the molecule is O=C(Cn1c(=O)[nH]c2ccccc2c1=O)NCCc1c[nH]c2ccccc12. The van der Waals surface area contributed by atoms with Crippen molar-refractivity contribution in [1.29, 1.82) is 0 Å². The fraction of sp³-hybridized carbons (Fsp3) is 0.150. The summed E-state index contributed by atoms with van der Waals surface area (Å²) >= 11 is 0. The van der Waals surface area contributed by atoms with E-state index < -0.39 is 11.2 Å². The summed E-state index contributed by atoms with van der Waals surface area (Å²) < 4.78 is 0.920. The van der Waals surface area contributed by atoms with Crippen LogP contribution in [0.3, 0.4) is 0 Å². The predicted octanol–water partition coefficient (Wildman–Crippen LogP) is 1.53. The van der Waals surface area contributed by atoms with Gasteiger partial charge in [0, 0.05) is 23.6 Å². The molecular formula is C20H18N4O3. The Labute approximate surface area is 153 Å². The molecule has 136 valence electrons. The molecule has 3 N–H and O–H groups in total. The van der Waals surface area contributed by atoms with Crippen molar-refractivity contribution in [1.82, 2.24) is 19.9 Å². The molecule has 0 unspecified atom stereocenters. The van der Waals surface area contributed by atoms with E-state index >= 15 is 0 Å². The number of aromatic amines is 2. The van der Waals surface area contributed by atoms with Crippen LogP contribution in [0.2, 0.25) is 0 Å². The number of carbonyl (C=O) groups is 1. The monoisotopic (exact) mass is 362 g/mol. The van der Waals surface area contributed by atoms with Crippen LogP contribution in [0.4, 0.5) is 0 Å². The lowest BCUT2D eigenvalue weighted by molar-refractivity contribution is -0.121. The molecule has 0 atom stereocenters. The van der Waals surface area contributed by atoms with Crippen LogP contribution in [0.5, 0.6) is 0 Å². The van der Waals surface area contributed by atoms with Gasteiger partial charge in [0.15, 0.2) is 0 Å². The predicted molar refractivity (Wildman–Crippen MR) is 104 cm³/mol. The number of nitrogens with one attached hydrogen (secondary N) is 3. The Bertz CT molecular complexity index is 1250. The number of nitrogens with zero attached hydrogens (tertiary/aromatic N) is 1. The van der Waals surface area contributed by atoms with Crippen molar-refractivity contribution < 1.29 is 4.79 Å². The molecule has 4 rings (SSSR count). The minimum Gasteiger partial charge on any atom is -0.361 e. The number of fused-ring (bicyclic) bond motifs is 2. The molecule has 0 bridgehead atoms. The van der Waals surface area contributed by atoms with Crippen LogP contribution in [0.15, 0.2) is 64.3 Å². The van der Waals surface area contributed by atoms with Gasteiger partial charge in [-0.25, -0.2) is 4.79 Å². The van der Waals surface area contributed by atoms with E-state index in [-0.39, 0.29) is 12.5 Å². The van der Waals surface area contributed by atoms with Crippen molar-refractivity contribution in [3.63, 3.8) is 0 Å². The Morgan fingerprint density at radius 3 is 2.48 bits per heavy atom.